The molecule has 2 heterocycles. The summed E-state index contributed by atoms with van der Waals surface area (Å²) in [5, 5.41) is 0. The van der Waals surface area contributed by atoms with E-state index in [9.17, 15) is 9.59 Å². The third-order valence-electron chi connectivity index (χ3n) is 2.32. The predicted molar refractivity (Wildman–Crippen MR) is 57.0 cm³/mol. The zero-order valence-electron chi connectivity index (χ0n) is 9.18. The second-order valence-corrected chi connectivity index (χ2v) is 3.23. The Morgan fingerprint density at radius 2 is 1.73 bits per heavy atom. The van der Waals surface area contributed by atoms with Crippen molar-refractivity contribution in [1.82, 2.24) is 18.7 Å². The van der Waals surface area contributed by atoms with Crippen LogP contribution >= 0.6 is 0 Å². The van der Waals surface area contributed by atoms with Crippen LogP contribution in [0.2, 0.25) is 0 Å². The van der Waals surface area contributed by atoms with Gasteiger partial charge in [-0.2, -0.15) is 0 Å². The van der Waals surface area contributed by atoms with Gasteiger partial charge in [0, 0.05) is 50.7 Å². The number of rotatable bonds is 0. The first-order chi connectivity index (χ1) is 6.54. The molecule has 2 aromatic heterocycles. The molecule has 0 amide bonds. The molecule has 15 heavy (non-hydrogen) atoms. The summed E-state index contributed by atoms with van der Waals surface area (Å²) < 4.78 is 4.04. The number of aromatic nitrogens is 4. The van der Waals surface area contributed by atoms with Crippen molar-refractivity contribution in [2.75, 3.05) is 0 Å². The molecule has 0 N–H and O–H groups in total. The van der Waals surface area contributed by atoms with Crippen LogP contribution in [0.4, 0.5) is 0 Å². The van der Waals surface area contributed by atoms with E-state index in [1.54, 1.807) is 18.7 Å². The summed E-state index contributed by atoms with van der Waals surface area (Å²) in [5.41, 5.74) is 0.180. The SMILES string of the molecule is Cn1c(=O)c2c(ncn2C)n(C)c1=O.[Na]. The number of hydrogen-bond donors (Lipinski definition) is 0. The van der Waals surface area contributed by atoms with Crippen LogP contribution in [0.1, 0.15) is 0 Å². The van der Waals surface area contributed by atoms with E-state index in [2.05, 4.69) is 4.98 Å². The van der Waals surface area contributed by atoms with Gasteiger partial charge < -0.3 is 4.57 Å². The van der Waals surface area contributed by atoms with E-state index < -0.39 is 0 Å². The fourth-order valence-electron chi connectivity index (χ4n) is 1.47. The van der Waals surface area contributed by atoms with Crippen LogP contribution in [-0.4, -0.2) is 48.2 Å². The van der Waals surface area contributed by atoms with Gasteiger partial charge >= 0.3 is 5.69 Å². The maximum Gasteiger partial charge on any atom is 0.332 e. The van der Waals surface area contributed by atoms with E-state index in [-0.39, 0.29) is 40.8 Å². The molecular weight excluding hydrogens is 207 g/mol. The molecule has 0 unspecified atom stereocenters. The standard InChI is InChI=1S/C8H10N4O2.Na/c1-10-4-9-6-5(10)7(13)12(3)8(14)11(6)2;/h4H,1-3H3;. The predicted octanol–water partition coefficient (Wildman–Crippen LogP) is -1.41. The smallest absolute Gasteiger partial charge is 0.328 e. The molecular formula is C8H10N4NaO2. The zero-order chi connectivity index (χ0) is 10.5. The molecule has 0 spiro atoms. The summed E-state index contributed by atoms with van der Waals surface area (Å²) in [6.07, 6.45) is 1.52. The van der Waals surface area contributed by atoms with Gasteiger partial charge in [-0.1, -0.05) is 0 Å². The van der Waals surface area contributed by atoms with Gasteiger partial charge in [0.15, 0.2) is 11.2 Å². The van der Waals surface area contributed by atoms with E-state index in [1.807, 2.05) is 0 Å². The van der Waals surface area contributed by atoms with E-state index in [0.29, 0.717) is 11.2 Å². The quantitative estimate of drug-likeness (QED) is 0.509. The zero-order valence-corrected chi connectivity index (χ0v) is 11.2. The fraction of sp³-hybridized carbons (Fsp3) is 0.375. The van der Waals surface area contributed by atoms with Crippen molar-refractivity contribution in [2.24, 2.45) is 21.1 Å². The van der Waals surface area contributed by atoms with Crippen LogP contribution in [0.3, 0.4) is 0 Å². The maximum atomic E-state index is 11.7. The fourth-order valence-corrected chi connectivity index (χ4v) is 1.47. The van der Waals surface area contributed by atoms with E-state index in [1.165, 1.54) is 17.9 Å². The van der Waals surface area contributed by atoms with Gasteiger partial charge in [0.05, 0.1) is 6.33 Å². The summed E-state index contributed by atoms with van der Waals surface area (Å²) in [5.74, 6) is 0. The minimum Gasteiger partial charge on any atom is -0.328 e. The topological polar surface area (TPSA) is 61.8 Å². The minimum atomic E-state index is -0.360. The summed E-state index contributed by atoms with van der Waals surface area (Å²) in [7, 11) is 4.77. The second kappa shape index (κ2) is 3.96. The van der Waals surface area contributed by atoms with Crippen LogP contribution in [0.15, 0.2) is 15.9 Å². The van der Waals surface area contributed by atoms with Crippen LogP contribution < -0.4 is 11.2 Å². The van der Waals surface area contributed by atoms with Gasteiger partial charge in [0.1, 0.15) is 0 Å². The molecule has 0 aliphatic heterocycles. The molecule has 0 saturated carbocycles. The monoisotopic (exact) mass is 217 g/mol. The molecule has 0 atom stereocenters. The molecule has 0 aliphatic rings. The molecule has 2 aromatic rings. The Kier molecular flexibility index (Phi) is 3.22. The van der Waals surface area contributed by atoms with Gasteiger partial charge in [-0.05, 0) is 0 Å². The Balaban J connectivity index is 0.00000112. The summed E-state index contributed by atoms with van der Waals surface area (Å²) in [4.78, 5) is 27.2. The van der Waals surface area contributed by atoms with Gasteiger partial charge in [-0.25, -0.2) is 9.78 Å². The Hall–Kier alpha value is -0.850. The first kappa shape index (κ1) is 12.2. The van der Waals surface area contributed by atoms with E-state index in [0.717, 1.165) is 4.57 Å². The third kappa shape index (κ3) is 1.58. The molecule has 0 aromatic carbocycles. The van der Waals surface area contributed by atoms with Crippen molar-refractivity contribution in [3.8, 4) is 0 Å². The Labute approximate surface area is 107 Å². The van der Waals surface area contributed by atoms with E-state index >= 15 is 0 Å². The maximum absolute atomic E-state index is 11.7. The average Bonchev–Trinajstić information content (AvgIpc) is 2.54. The van der Waals surface area contributed by atoms with Gasteiger partial charge in [-0.3, -0.25) is 13.9 Å². The molecule has 75 valence electrons. The molecule has 0 fully saturated rings. The molecule has 7 heteroatoms. The van der Waals surface area contributed by atoms with Crippen LogP contribution in [0.5, 0.6) is 0 Å². The minimum absolute atomic E-state index is 0. The van der Waals surface area contributed by atoms with Crippen molar-refractivity contribution >= 4 is 40.7 Å². The van der Waals surface area contributed by atoms with Gasteiger partial charge in [0.25, 0.3) is 5.56 Å². The number of fused-ring (bicyclic) bond motifs is 1. The Morgan fingerprint density at radius 1 is 1.13 bits per heavy atom. The van der Waals surface area contributed by atoms with Crippen LogP contribution in [-0.2, 0) is 21.1 Å². The van der Waals surface area contributed by atoms with Gasteiger partial charge in [-0.15, -0.1) is 0 Å². The number of hydrogen-bond acceptors (Lipinski definition) is 3. The van der Waals surface area contributed by atoms with Crippen molar-refractivity contribution in [1.29, 1.82) is 0 Å². The number of imidazole rings is 1. The summed E-state index contributed by atoms with van der Waals surface area (Å²) >= 11 is 0. The third-order valence-corrected chi connectivity index (χ3v) is 2.32. The average molecular weight is 217 g/mol. The number of nitrogens with zero attached hydrogens (tertiary/aromatic N) is 4. The van der Waals surface area contributed by atoms with Gasteiger partial charge in [0.2, 0.25) is 0 Å². The Bertz CT molecular complexity index is 622. The first-order valence-corrected chi connectivity index (χ1v) is 4.11. The molecule has 6 nitrogen and oxygen atoms in total. The van der Waals surface area contributed by atoms with Crippen molar-refractivity contribution < 1.29 is 0 Å². The summed E-state index contributed by atoms with van der Waals surface area (Å²) in [6, 6.07) is 0. The van der Waals surface area contributed by atoms with E-state index in [4.69, 9.17) is 0 Å². The number of aryl methyl sites for hydroxylation is 2. The largest absolute Gasteiger partial charge is 0.332 e. The first-order valence-electron chi connectivity index (χ1n) is 4.11. The van der Waals surface area contributed by atoms with Crippen molar-refractivity contribution in [3.05, 3.63) is 27.2 Å². The van der Waals surface area contributed by atoms with Crippen molar-refractivity contribution in [3.63, 3.8) is 0 Å². The molecule has 1 radical (unpaired) electrons. The van der Waals surface area contributed by atoms with Crippen LogP contribution in [0.25, 0.3) is 11.2 Å². The molecule has 0 aliphatic carbocycles. The second-order valence-electron chi connectivity index (χ2n) is 3.23. The Morgan fingerprint density at radius 3 is 2.33 bits per heavy atom. The normalized spacial score (nSPS) is 10.3. The molecule has 0 bridgehead atoms. The summed E-state index contributed by atoms with van der Waals surface area (Å²) in [6.45, 7) is 0. The molecule has 2 rings (SSSR count). The van der Waals surface area contributed by atoms with Crippen LogP contribution in [0, 0.1) is 0 Å². The van der Waals surface area contributed by atoms with Crippen molar-refractivity contribution in [2.45, 2.75) is 0 Å². The molecule has 0 saturated heterocycles.